The maximum atomic E-state index is 14.3. The lowest BCUT2D eigenvalue weighted by atomic mass is 9.97. The first kappa shape index (κ1) is 15.9. The molecule has 0 spiro atoms. The van der Waals surface area contributed by atoms with Crippen LogP contribution in [-0.4, -0.2) is 31.1 Å². The summed E-state index contributed by atoms with van der Waals surface area (Å²) in [6.45, 7) is 6.23. The molecule has 1 N–H and O–H groups in total. The van der Waals surface area contributed by atoms with Gasteiger partial charge >= 0.3 is 0 Å². The molecule has 1 aromatic carbocycles. The maximum Gasteiger partial charge on any atom is 0.129 e. The average Bonchev–Trinajstić information content (AvgIpc) is 2.46. The lowest BCUT2D eigenvalue weighted by molar-refractivity contribution is 0.159. The maximum absolute atomic E-state index is 14.3. The van der Waals surface area contributed by atoms with E-state index in [2.05, 4.69) is 33.1 Å². The Balaban J connectivity index is 2.15. The molecule has 0 saturated carbocycles. The van der Waals surface area contributed by atoms with Crippen LogP contribution in [-0.2, 0) is 0 Å². The van der Waals surface area contributed by atoms with E-state index in [0.29, 0.717) is 0 Å². The van der Waals surface area contributed by atoms with Gasteiger partial charge in [0.1, 0.15) is 5.82 Å². The molecule has 1 aliphatic rings. The van der Waals surface area contributed by atoms with Crippen molar-refractivity contribution >= 4 is 15.9 Å². The Hall–Kier alpha value is -0.450. The second-order valence-electron chi connectivity index (χ2n) is 5.46. The molecular formula is C16H24BrFN2. The minimum Gasteiger partial charge on any atom is -0.314 e. The van der Waals surface area contributed by atoms with Gasteiger partial charge in [-0.2, -0.15) is 0 Å². The standard InChI is InChI=1S/C16H24BrFN2/c1-2-3-4-5-16(20-10-8-19-9-11-20)14-7-6-13(17)12-15(14)18/h6-7,12,16,19H,2-5,8-11H2,1H3/t16-/m0/s1. The van der Waals surface area contributed by atoms with Crippen LogP contribution in [0.15, 0.2) is 22.7 Å². The van der Waals surface area contributed by atoms with Crippen molar-refractivity contribution in [1.82, 2.24) is 10.2 Å². The molecule has 1 saturated heterocycles. The van der Waals surface area contributed by atoms with Crippen molar-refractivity contribution in [2.75, 3.05) is 26.2 Å². The van der Waals surface area contributed by atoms with E-state index < -0.39 is 0 Å². The molecule has 0 amide bonds. The highest BCUT2D eigenvalue weighted by Crippen LogP contribution is 2.30. The second kappa shape index (κ2) is 8.11. The molecule has 0 radical (unpaired) electrons. The van der Waals surface area contributed by atoms with Crippen molar-refractivity contribution < 1.29 is 4.39 Å². The van der Waals surface area contributed by atoms with E-state index in [1.54, 1.807) is 6.07 Å². The van der Waals surface area contributed by atoms with Crippen molar-refractivity contribution in [2.24, 2.45) is 0 Å². The Morgan fingerprint density at radius 2 is 2.05 bits per heavy atom. The summed E-state index contributed by atoms with van der Waals surface area (Å²) < 4.78 is 15.1. The second-order valence-corrected chi connectivity index (χ2v) is 6.38. The summed E-state index contributed by atoms with van der Waals surface area (Å²) >= 11 is 3.34. The molecule has 0 bridgehead atoms. The normalized spacial score (nSPS) is 18.1. The van der Waals surface area contributed by atoms with Gasteiger partial charge in [0.15, 0.2) is 0 Å². The van der Waals surface area contributed by atoms with Crippen molar-refractivity contribution in [3.8, 4) is 0 Å². The van der Waals surface area contributed by atoms with Crippen LogP contribution >= 0.6 is 15.9 Å². The van der Waals surface area contributed by atoms with Crippen molar-refractivity contribution in [1.29, 1.82) is 0 Å². The van der Waals surface area contributed by atoms with Crippen LogP contribution in [0.4, 0.5) is 4.39 Å². The summed E-state index contributed by atoms with van der Waals surface area (Å²) in [6, 6.07) is 5.70. The van der Waals surface area contributed by atoms with E-state index in [1.165, 1.54) is 19.3 Å². The number of unbranched alkanes of at least 4 members (excludes halogenated alkanes) is 2. The largest absolute Gasteiger partial charge is 0.314 e. The first-order valence-corrected chi connectivity index (χ1v) is 8.41. The van der Waals surface area contributed by atoms with Crippen LogP contribution in [0.25, 0.3) is 0 Å². The van der Waals surface area contributed by atoms with Gasteiger partial charge in [0.2, 0.25) is 0 Å². The minimum absolute atomic E-state index is 0.0839. The van der Waals surface area contributed by atoms with E-state index in [4.69, 9.17) is 0 Å². The summed E-state index contributed by atoms with van der Waals surface area (Å²) in [4.78, 5) is 2.43. The lowest BCUT2D eigenvalue weighted by Crippen LogP contribution is -2.45. The quantitative estimate of drug-likeness (QED) is 0.782. The van der Waals surface area contributed by atoms with Crippen LogP contribution in [0.3, 0.4) is 0 Å². The fraction of sp³-hybridized carbons (Fsp3) is 0.625. The van der Waals surface area contributed by atoms with Crippen LogP contribution < -0.4 is 5.32 Å². The van der Waals surface area contributed by atoms with E-state index in [0.717, 1.165) is 42.6 Å². The van der Waals surface area contributed by atoms with Crippen molar-refractivity contribution in [2.45, 2.75) is 38.6 Å². The highest BCUT2D eigenvalue weighted by atomic mass is 79.9. The number of hydrogen-bond donors (Lipinski definition) is 1. The predicted octanol–water partition coefficient (Wildman–Crippen LogP) is 4.11. The lowest BCUT2D eigenvalue weighted by Gasteiger charge is -2.35. The summed E-state index contributed by atoms with van der Waals surface area (Å²) in [7, 11) is 0. The Kier molecular flexibility index (Phi) is 6.46. The summed E-state index contributed by atoms with van der Waals surface area (Å²) in [5, 5.41) is 3.37. The number of piperazine rings is 1. The van der Waals surface area contributed by atoms with Crippen LogP contribution in [0.1, 0.15) is 44.2 Å². The smallest absolute Gasteiger partial charge is 0.129 e. The van der Waals surface area contributed by atoms with E-state index in [1.807, 2.05) is 12.1 Å². The number of rotatable bonds is 6. The van der Waals surface area contributed by atoms with Crippen LogP contribution in [0, 0.1) is 5.82 Å². The molecule has 2 nitrogen and oxygen atoms in total. The number of nitrogens with one attached hydrogen (secondary N) is 1. The highest BCUT2D eigenvalue weighted by Gasteiger charge is 2.24. The van der Waals surface area contributed by atoms with Gasteiger partial charge in [0.25, 0.3) is 0 Å². The zero-order chi connectivity index (χ0) is 14.4. The first-order valence-electron chi connectivity index (χ1n) is 7.62. The molecule has 1 fully saturated rings. The average molecular weight is 343 g/mol. The summed E-state index contributed by atoms with van der Waals surface area (Å²) in [6.07, 6.45) is 4.64. The van der Waals surface area contributed by atoms with Gasteiger partial charge in [-0.05, 0) is 18.6 Å². The molecule has 20 heavy (non-hydrogen) atoms. The monoisotopic (exact) mass is 342 g/mol. The molecule has 1 atom stereocenters. The fourth-order valence-electron chi connectivity index (χ4n) is 2.89. The highest BCUT2D eigenvalue weighted by molar-refractivity contribution is 9.10. The molecule has 0 unspecified atom stereocenters. The SMILES string of the molecule is CCCCC[C@@H](c1ccc(Br)cc1F)N1CCNCC1. The Morgan fingerprint density at radius 3 is 2.70 bits per heavy atom. The third-order valence-corrected chi connectivity index (χ3v) is 4.49. The summed E-state index contributed by atoms with van der Waals surface area (Å²) in [5.74, 6) is -0.0839. The fourth-order valence-corrected chi connectivity index (χ4v) is 3.22. The van der Waals surface area contributed by atoms with Crippen molar-refractivity contribution in [3.05, 3.63) is 34.1 Å². The molecule has 1 aliphatic heterocycles. The van der Waals surface area contributed by atoms with Gasteiger partial charge in [-0.1, -0.05) is 48.2 Å². The molecular weight excluding hydrogens is 319 g/mol. The molecule has 4 heteroatoms. The van der Waals surface area contributed by atoms with Gasteiger partial charge in [-0.15, -0.1) is 0 Å². The van der Waals surface area contributed by atoms with Crippen LogP contribution in [0.5, 0.6) is 0 Å². The third kappa shape index (κ3) is 4.27. The van der Waals surface area contributed by atoms with Crippen LogP contribution in [0.2, 0.25) is 0 Å². The minimum atomic E-state index is -0.0839. The van der Waals surface area contributed by atoms with E-state index >= 15 is 0 Å². The zero-order valence-electron chi connectivity index (χ0n) is 12.2. The van der Waals surface area contributed by atoms with E-state index in [9.17, 15) is 4.39 Å². The number of benzene rings is 1. The molecule has 112 valence electrons. The molecule has 1 heterocycles. The number of halogens is 2. The molecule has 0 aliphatic carbocycles. The van der Waals surface area contributed by atoms with Crippen molar-refractivity contribution in [3.63, 3.8) is 0 Å². The van der Waals surface area contributed by atoms with Gasteiger partial charge in [0.05, 0.1) is 0 Å². The Bertz CT molecular complexity index is 419. The number of nitrogens with zero attached hydrogens (tertiary/aromatic N) is 1. The van der Waals surface area contributed by atoms with Gasteiger partial charge < -0.3 is 5.32 Å². The van der Waals surface area contributed by atoms with E-state index in [-0.39, 0.29) is 11.9 Å². The zero-order valence-corrected chi connectivity index (χ0v) is 13.8. The topological polar surface area (TPSA) is 15.3 Å². The van der Waals surface area contributed by atoms with Gasteiger partial charge in [0, 0.05) is 42.3 Å². The molecule has 1 aromatic rings. The first-order chi connectivity index (χ1) is 9.72. The Morgan fingerprint density at radius 1 is 1.30 bits per heavy atom. The molecule has 0 aromatic heterocycles. The summed E-state index contributed by atoms with van der Waals surface area (Å²) in [5.41, 5.74) is 0.853. The third-order valence-electron chi connectivity index (χ3n) is 3.99. The molecule has 2 rings (SSSR count). The predicted molar refractivity (Wildman–Crippen MR) is 85.4 cm³/mol. The Labute approximate surface area is 129 Å². The number of hydrogen-bond acceptors (Lipinski definition) is 2. The van der Waals surface area contributed by atoms with Gasteiger partial charge in [-0.3, -0.25) is 4.90 Å². The van der Waals surface area contributed by atoms with Gasteiger partial charge in [-0.25, -0.2) is 4.39 Å².